The second kappa shape index (κ2) is 18.6. The number of hydrogen-bond donors (Lipinski definition) is 0. The first kappa shape index (κ1) is 33.6. The number of likely N-dealkylation sites (tertiary alicyclic amines) is 2. The van der Waals surface area contributed by atoms with Crippen molar-refractivity contribution in [2.75, 3.05) is 33.2 Å². The molecule has 2 fully saturated rings. The van der Waals surface area contributed by atoms with Crippen LogP contribution in [0.2, 0.25) is 0 Å². The van der Waals surface area contributed by atoms with Gasteiger partial charge in [0.25, 0.3) is 0 Å². The number of benzene rings is 3. The van der Waals surface area contributed by atoms with Gasteiger partial charge in [-0.1, -0.05) is 125 Å². The predicted molar refractivity (Wildman–Crippen MR) is 180 cm³/mol. The third-order valence-electron chi connectivity index (χ3n) is 9.20. The van der Waals surface area contributed by atoms with E-state index in [1.54, 1.807) is 6.92 Å². The molecular formula is C39H56N2O. The van der Waals surface area contributed by atoms with Crippen LogP contribution in [0.3, 0.4) is 0 Å². The summed E-state index contributed by atoms with van der Waals surface area (Å²) in [5, 5.41) is 0. The topological polar surface area (TPSA) is 23.6 Å². The first-order valence-electron chi connectivity index (χ1n) is 16.7. The van der Waals surface area contributed by atoms with E-state index in [0.29, 0.717) is 11.8 Å². The van der Waals surface area contributed by atoms with E-state index in [2.05, 4.69) is 110 Å². The minimum absolute atomic E-state index is 0.230. The average Bonchev–Trinajstić information content (AvgIpc) is 3.05. The lowest BCUT2D eigenvalue weighted by atomic mass is 9.76. The summed E-state index contributed by atoms with van der Waals surface area (Å²) in [4.78, 5) is 15.9. The molecule has 0 saturated carbocycles. The molecule has 228 valence electrons. The summed E-state index contributed by atoms with van der Waals surface area (Å²) in [6, 6.07) is 33.0. The highest BCUT2D eigenvalue weighted by Crippen LogP contribution is 2.38. The predicted octanol–water partition coefficient (Wildman–Crippen LogP) is 9.41. The molecule has 0 bridgehead atoms. The molecule has 2 saturated heterocycles. The van der Waals surface area contributed by atoms with Crippen LogP contribution in [0.15, 0.2) is 91.0 Å². The highest BCUT2D eigenvalue weighted by Gasteiger charge is 2.29. The van der Waals surface area contributed by atoms with Crippen molar-refractivity contribution in [2.24, 2.45) is 11.8 Å². The Hall–Kier alpha value is -2.91. The molecule has 0 aliphatic carbocycles. The zero-order valence-electron chi connectivity index (χ0n) is 27.1. The van der Waals surface area contributed by atoms with Gasteiger partial charge in [0.2, 0.25) is 5.91 Å². The zero-order chi connectivity index (χ0) is 30.2. The molecule has 3 heteroatoms. The number of carbonyl (C=O) groups is 1. The summed E-state index contributed by atoms with van der Waals surface area (Å²) in [6.45, 7) is 12.3. The first-order chi connectivity index (χ1) is 20.6. The maximum atomic E-state index is 11.4. The van der Waals surface area contributed by atoms with Gasteiger partial charge in [0.1, 0.15) is 0 Å². The number of nitrogens with zero attached hydrogens (tertiary/aromatic N) is 2. The van der Waals surface area contributed by atoms with Gasteiger partial charge in [-0.15, -0.1) is 0 Å². The Bertz CT molecular complexity index is 1060. The van der Waals surface area contributed by atoms with Gasteiger partial charge in [0.15, 0.2) is 0 Å². The third kappa shape index (κ3) is 10.1. The Labute approximate surface area is 257 Å². The zero-order valence-corrected chi connectivity index (χ0v) is 27.1. The Morgan fingerprint density at radius 2 is 1.12 bits per heavy atom. The number of rotatable bonds is 8. The van der Waals surface area contributed by atoms with Crippen molar-refractivity contribution in [1.29, 1.82) is 0 Å². The Kier molecular flexibility index (Phi) is 14.9. The van der Waals surface area contributed by atoms with Crippen molar-refractivity contribution in [2.45, 2.75) is 84.5 Å². The molecular weight excluding hydrogens is 512 g/mol. The van der Waals surface area contributed by atoms with Crippen LogP contribution >= 0.6 is 0 Å². The summed E-state index contributed by atoms with van der Waals surface area (Å²) in [5.41, 5.74) is 4.42. The van der Waals surface area contributed by atoms with Crippen LogP contribution in [0.5, 0.6) is 0 Å². The molecule has 42 heavy (non-hydrogen) atoms. The first-order valence-corrected chi connectivity index (χ1v) is 16.7. The van der Waals surface area contributed by atoms with Crippen LogP contribution in [0, 0.1) is 11.8 Å². The molecule has 0 spiro atoms. The van der Waals surface area contributed by atoms with Gasteiger partial charge in [-0.2, -0.15) is 0 Å². The maximum Gasteiger partial charge on any atom is 0.219 e. The summed E-state index contributed by atoms with van der Waals surface area (Å²) in [7, 11) is 2.23. The van der Waals surface area contributed by atoms with Crippen LogP contribution in [0.4, 0.5) is 0 Å². The number of unbranched alkanes of at least 4 members (excludes halogenated alkanes) is 1. The smallest absolute Gasteiger partial charge is 0.219 e. The Balaban J connectivity index is 0.000000218. The fraction of sp³-hybridized carbons (Fsp3) is 0.513. The van der Waals surface area contributed by atoms with Gasteiger partial charge in [-0.3, -0.25) is 4.79 Å². The molecule has 2 aliphatic heterocycles. The van der Waals surface area contributed by atoms with Crippen LogP contribution in [0.25, 0.3) is 0 Å². The van der Waals surface area contributed by atoms with Gasteiger partial charge >= 0.3 is 0 Å². The summed E-state index contributed by atoms with van der Waals surface area (Å²) < 4.78 is 0. The van der Waals surface area contributed by atoms with Crippen LogP contribution < -0.4 is 0 Å². The lowest BCUT2D eigenvalue weighted by Gasteiger charge is -2.36. The third-order valence-corrected chi connectivity index (χ3v) is 9.20. The fourth-order valence-electron chi connectivity index (χ4n) is 6.83. The molecule has 0 aromatic heterocycles. The lowest BCUT2D eigenvalue weighted by Crippen LogP contribution is -2.38. The quantitative estimate of drug-likeness (QED) is 0.270. The van der Waals surface area contributed by atoms with Gasteiger partial charge in [0, 0.05) is 25.9 Å². The molecule has 3 aromatic carbocycles. The van der Waals surface area contributed by atoms with Gasteiger partial charge in [0.05, 0.1) is 0 Å². The number of hydrogen-bond acceptors (Lipinski definition) is 2. The normalized spacial score (nSPS) is 17.0. The minimum Gasteiger partial charge on any atom is -0.343 e. The molecule has 3 aromatic rings. The maximum absolute atomic E-state index is 11.4. The molecule has 5 rings (SSSR count). The van der Waals surface area contributed by atoms with Crippen molar-refractivity contribution in [3.63, 3.8) is 0 Å². The molecule has 2 heterocycles. The molecule has 1 atom stereocenters. The van der Waals surface area contributed by atoms with Crippen LogP contribution in [-0.2, 0) is 4.79 Å². The van der Waals surface area contributed by atoms with Gasteiger partial charge < -0.3 is 9.80 Å². The van der Waals surface area contributed by atoms with E-state index in [4.69, 9.17) is 0 Å². The summed E-state index contributed by atoms with van der Waals surface area (Å²) >= 11 is 0. The van der Waals surface area contributed by atoms with Gasteiger partial charge in [-0.25, -0.2) is 0 Å². The van der Waals surface area contributed by atoms with E-state index in [1.807, 2.05) is 18.7 Å². The van der Waals surface area contributed by atoms with Crippen molar-refractivity contribution >= 4 is 5.91 Å². The van der Waals surface area contributed by atoms with Crippen LogP contribution in [0.1, 0.15) is 101 Å². The van der Waals surface area contributed by atoms with Crippen LogP contribution in [-0.4, -0.2) is 48.9 Å². The van der Waals surface area contributed by atoms with Crippen molar-refractivity contribution in [3.8, 4) is 0 Å². The van der Waals surface area contributed by atoms with Gasteiger partial charge in [-0.05, 0) is 86.7 Å². The second-order valence-corrected chi connectivity index (χ2v) is 11.9. The van der Waals surface area contributed by atoms with Crippen molar-refractivity contribution in [1.82, 2.24) is 9.80 Å². The largest absolute Gasteiger partial charge is 0.343 e. The van der Waals surface area contributed by atoms with Crippen molar-refractivity contribution < 1.29 is 4.79 Å². The monoisotopic (exact) mass is 568 g/mol. The molecule has 2 aliphatic rings. The summed E-state index contributed by atoms with van der Waals surface area (Å²) in [6.07, 6.45) is 8.75. The summed E-state index contributed by atoms with van der Waals surface area (Å²) in [5.74, 6) is 2.94. The number of piperidine rings is 2. The fourth-order valence-corrected chi connectivity index (χ4v) is 6.83. The molecule has 1 unspecified atom stereocenters. The van der Waals surface area contributed by atoms with E-state index in [0.717, 1.165) is 37.8 Å². The second-order valence-electron chi connectivity index (χ2n) is 11.9. The Morgan fingerprint density at radius 1 is 0.690 bits per heavy atom. The SMILES string of the molecule is CC.CCCCC(c1ccccc1)C1CCN(C(C)=O)CC1.CN1CCC(C(c2ccccc2)c2ccccc2)CC1. The molecule has 0 N–H and O–H groups in total. The number of amides is 1. The van der Waals surface area contributed by atoms with Crippen molar-refractivity contribution in [3.05, 3.63) is 108 Å². The molecule has 0 radical (unpaired) electrons. The molecule has 1 amide bonds. The Morgan fingerprint density at radius 3 is 1.55 bits per heavy atom. The van der Waals surface area contributed by atoms with E-state index in [1.165, 1.54) is 61.9 Å². The minimum atomic E-state index is 0.230. The standard InChI is InChI=1S/C19H23N.C18H27NO.C2H6/c1-20-14-12-18(13-15-20)19(16-8-4-2-5-9-16)17-10-6-3-7-11-17;1-3-4-10-18(16-8-6-5-7-9-16)17-11-13-19(14-12-17)15(2)20;1-2/h2-11,18-19H,12-15H2,1H3;5-9,17-18H,3-4,10-14H2,1-2H3;1-2H3. The lowest BCUT2D eigenvalue weighted by molar-refractivity contribution is -0.130. The highest BCUT2D eigenvalue weighted by molar-refractivity contribution is 5.73. The molecule has 3 nitrogen and oxygen atoms in total. The average molecular weight is 569 g/mol. The van der Waals surface area contributed by atoms with E-state index < -0.39 is 0 Å². The van der Waals surface area contributed by atoms with E-state index >= 15 is 0 Å². The van der Waals surface area contributed by atoms with E-state index in [9.17, 15) is 4.79 Å². The number of carbonyl (C=O) groups excluding carboxylic acids is 1. The highest BCUT2D eigenvalue weighted by atomic mass is 16.2. The van der Waals surface area contributed by atoms with E-state index in [-0.39, 0.29) is 5.91 Å².